The Balaban J connectivity index is 2.23. The summed E-state index contributed by atoms with van der Waals surface area (Å²) in [6.45, 7) is 4.25. The molecule has 1 aromatic heterocycles. The van der Waals surface area contributed by atoms with Crippen LogP contribution in [0.4, 0.5) is 19.0 Å². The van der Waals surface area contributed by atoms with Gasteiger partial charge in [0.25, 0.3) is 0 Å². The highest BCUT2D eigenvalue weighted by atomic mass is 19.4. The number of pyridine rings is 1. The molecule has 0 saturated carbocycles. The molecule has 112 valence electrons. The van der Waals surface area contributed by atoms with Gasteiger partial charge >= 0.3 is 12.0 Å². The van der Waals surface area contributed by atoms with E-state index in [4.69, 9.17) is 4.74 Å². The number of ether oxygens (including phenoxy) is 1. The van der Waals surface area contributed by atoms with Crippen LogP contribution < -0.4 is 4.90 Å². The smallest absolute Gasteiger partial charge is 0.378 e. The molecule has 0 atom stereocenters. The summed E-state index contributed by atoms with van der Waals surface area (Å²) in [5, 5.41) is 0. The summed E-state index contributed by atoms with van der Waals surface area (Å²) < 4.78 is 41.6. The van der Waals surface area contributed by atoms with E-state index in [2.05, 4.69) is 10.9 Å². The van der Waals surface area contributed by atoms with Crippen molar-refractivity contribution in [3.8, 4) is 11.8 Å². The Morgan fingerprint density at radius 2 is 2.00 bits per heavy atom. The minimum absolute atomic E-state index is 0.147. The first-order valence-corrected chi connectivity index (χ1v) is 6.31. The molecule has 1 saturated heterocycles. The van der Waals surface area contributed by atoms with Crippen LogP contribution in [0.25, 0.3) is 0 Å². The molecule has 21 heavy (non-hydrogen) atoms. The first kappa shape index (κ1) is 15.3. The first-order valence-electron chi connectivity index (χ1n) is 6.31. The minimum atomic E-state index is -4.94. The lowest BCUT2D eigenvalue weighted by Crippen LogP contribution is -2.36. The largest absolute Gasteiger partial charge is 0.462 e. The number of ketones is 1. The standard InChI is InChI=1S/C14H13F3N2O2/c1-10-8-11(2-3-12(20)14(15,16)17)18-13(9-10)19-4-6-21-7-5-19/h8-9H,4-7H2,1H3. The van der Waals surface area contributed by atoms with Crippen molar-refractivity contribution in [2.75, 3.05) is 31.2 Å². The fraction of sp³-hybridized carbons (Fsp3) is 0.429. The average molecular weight is 298 g/mol. The molecule has 0 bridgehead atoms. The van der Waals surface area contributed by atoms with Gasteiger partial charge in [-0.15, -0.1) is 0 Å². The van der Waals surface area contributed by atoms with E-state index in [1.807, 2.05) is 11.0 Å². The van der Waals surface area contributed by atoms with Crippen LogP contribution in [-0.2, 0) is 9.53 Å². The maximum Gasteiger partial charge on any atom is 0.462 e. The number of halogens is 3. The second-order valence-corrected chi connectivity index (χ2v) is 4.56. The monoisotopic (exact) mass is 298 g/mol. The van der Waals surface area contributed by atoms with E-state index in [1.54, 1.807) is 18.9 Å². The third-order valence-corrected chi connectivity index (χ3v) is 2.85. The van der Waals surface area contributed by atoms with Crippen molar-refractivity contribution >= 4 is 11.6 Å². The number of alkyl halides is 3. The number of aromatic nitrogens is 1. The van der Waals surface area contributed by atoms with Crippen molar-refractivity contribution in [3.63, 3.8) is 0 Å². The molecule has 1 aromatic rings. The Labute approximate surface area is 119 Å². The van der Waals surface area contributed by atoms with E-state index in [1.165, 1.54) is 0 Å². The predicted octanol–water partition coefficient (Wildman–Crippen LogP) is 1.71. The van der Waals surface area contributed by atoms with Gasteiger partial charge < -0.3 is 9.64 Å². The van der Waals surface area contributed by atoms with Gasteiger partial charge in [0.1, 0.15) is 11.5 Å². The number of rotatable bonds is 1. The second-order valence-electron chi connectivity index (χ2n) is 4.56. The van der Waals surface area contributed by atoms with Crippen LogP contribution in [0, 0.1) is 18.8 Å². The molecule has 0 unspecified atom stereocenters. The average Bonchev–Trinajstić information content (AvgIpc) is 2.44. The molecular weight excluding hydrogens is 285 g/mol. The van der Waals surface area contributed by atoms with Crippen LogP contribution in [0.5, 0.6) is 0 Å². The zero-order valence-corrected chi connectivity index (χ0v) is 11.3. The SMILES string of the molecule is Cc1cc(C#CC(=O)C(F)(F)F)nc(N2CCOCC2)c1. The van der Waals surface area contributed by atoms with E-state index < -0.39 is 12.0 Å². The Morgan fingerprint density at radius 3 is 2.62 bits per heavy atom. The van der Waals surface area contributed by atoms with Crippen molar-refractivity contribution in [1.82, 2.24) is 4.98 Å². The van der Waals surface area contributed by atoms with E-state index in [0.717, 1.165) is 5.56 Å². The van der Waals surface area contributed by atoms with E-state index >= 15 is 0 Å². The molecule has 4 nitrogen and oxygen atoms in total. The summed E-state index contributed by atoms with van der Waals surface area (Å²) in [4.78, 5) is 16.9. The normalized spacial score (nSPS) is 15.3. The molecule has 0 amide bonds. The minimum Gasteiger partial charge on any atom is -0.378 e. The molecule has 1 aliphatic rings. The van der Waals surface area contributed by atoms with Gasteiger partial charge in [0.05, 0.1) is 13.2 Å². The lowest BCUT2D eigenvalue weighted by Gasteiger charge is -2.28. The molecule has 0 spiro atoms. The number of anilines is 1. The fourth-order valence-corrected chi connectivity index (χ4v) is 1.86. The van der Waals surface area contributed by atoms with Crippen molar-refractivity contribution in [2.45, 2.75) is 13.1 Å². The molecule has 0 aromatic carbocycles. The molecule has 7 heteroatoms. The molecule has 2 heterocycles. The second kappa shape index (κ2) is 6.14. The Bertz CT molecular complexity index is 596. The summed E-state index contributed by atoms with van der Waals surface area (Å²) in [6.07, 6.45) is -4.94. The van der Waals surface area contributed by atoms with Crippen LogP contribution in [0.15, 0.2) is 12.1 Å². The van der Waals surface area contributed by atoms with Crippen LogP contribution in [0.1, 0.15) is 11.3 Å². The van der Waals surface area contributed by atoms with Gasteiger partial charge in [0.15, 0.2) is 0 Å². The molecule has 0 aliphatic carbocycles. The highest BCUT2D eigenvalue weighted by Crippen LogP contribution is 2.17. The first-order chi connectivity index (χ1) is 9.86. The molecule has 0 N–H and O–H groups in total. The zero-order valence-electron chi connectivity index (χ0n) is 11.3. The van der Waals surface area contributed by atoms with Crippen LogP contribution >= 0.6 is 0 Å². The van der Waals surface area contributed by atoms with Gasteiger partial charge in [-0.1, -0.05) is 0 Å². The van der Waals surface area contributed by atoms with Gasteiger partial charge in [-0.3, -0.25) is 4.79 Å². The lowest BCUT2D eigenvalue weighted by molar-refractivity contribution is -0.164. The van der Waals surface area contributed by atoms with E-state index in [9.17, 15) is 18.0 Å². The molecule has 1 fully saturated rings. The van der Waals surface area contributed by atoms with Crippen molar-refractivity contribution in [3.05, 3.63) is 23.4 Å². The number of nitrogens with zero attached hydrogens (tertiary/aromatic N) is 2. The third kappa shape index (κ3) is 4.20. The highest BCUT2D eigenvalue weighted by Gasteiger charge is 2.37. The number of hydrogen-bond acceptors (Lipinski definition) is 4. The topological polar surface area (TPSA) is 42.4 Å². The van der Waals surface area contributed by atoms with Crippen LogP contribution in [-0.4, -0.2) is 43.2 Å². The number of morpholine rings is 1. The molecular formula is C14H13F3N2O2. The van der Waals surface area contributed by atoms with Crippen molar-refractivity contribution < 1.29 is 22.7 Å². The summed E-state index contributed by atoms with van der Waals surface area (Å²) in [7, 11) is 0. The van der Waals surface area contributed by atoms with Gasteiger partial charge in [0.2, 0.25) is 0 Å². The third-order valence-electron chi connectivity index (χ3n) is 2.85. The zero-order chi connectivity index (χ0) is 15.5. The lowest BCUT2D eigenvalue weighted by atomic mass is 10.2. The number of hydrogen-bond donors (Lipinski definition) is 0. The molecule has 0 radical (unpaired) electrons. The summed E-state index contributed by atoms with van der Waals surface area (Å²) in [5.41, 5.74) is 0.962. The van der Waals surface area contributed by atoms with E-state index in [0.29, 0.717) is 32.1 Å². The van der Waals surface area contributed by atoms with Gasteiger partial charge in [-0.2, -0.15) is 13.2 Å². The van der Waals surface area contributed by atoms with Crippen LogP contribution in [0.2, 0.25) is 0 Å². The van der Waals surface area contributed by atoms with Crippen molar-refractivity contribution in [1.29, 1.82) is 0 Å². The number of aryl methyl sites for hydroxylation is 1. The molecule has 2 rings (SSSR count). The Kier molecular flexibility index (Phi) is 4.48. The number of carbonyl (C=O) groups excluding carboxylic acids is 1. The fourth-order valence-electron chi connectivity index (χ4n) is 1.86. The summed E-state index contributed by atoms with van der Waals surface area (Å²) >= 11 is 0. The summed E-state index contributed by atoms with van der Waals surface area (Å²) in [5.74, 6) is 2.32. The Hall–Kier alpha value is -2.07. The van der Waals surface area contributed by atoms with Gasteiger partial charge in [-0.05, 0) is 36.5 Å². The van der Waals surface area contributed by atoms with Gasteiger partial charge in [-0.25, -0.2) is 4.98 Å². The maximum atomic E-state index is 12.1. The number of carbonyl (C=O) groups is 1. The quantitative estimate of drug-likeness (QED) is 0.740. The Morgan fingerprint density at radius 1 is 1.33 bits per heavy atom. The summed E-state index contributed by atoms with van der Waals surface area (Å²) in [6, 6.07) is 3.36. The number of Topliss-reactive ketones (excluding diaryl/α,β-unsaturated/α-hetero) is 1. The predicted molar refractivity (Wildman–Crippen MR) is 69.9 cm³/mol. The highest BCUT2D eigenvalue weighted by molar-refractivity contribution is 6.00. The van der Waals surface area contributed by atoms with Gasteiger partial charge in [0, 0.05) is 13.1 Å². The van der Waals surface area contributed by atoms with Crippen molar-refractivity contribution in [2.24, 2.45) is 0 Å². The molecule has 1 aliphatic heterocycles. The maximum absolute atomic E-state index is 12.1. The van der Waals surface area contributed by atoms with E-state index in [-0.39, 0.29) is 5.69 Å². The van der Waals surface area contributed by atoms with Crippen LogP contribution in [0.3, 0.4) is 0 Å².